The van der Waals surface area contributed by atoms with E-state index in [0.717, 1.165) is 21.7 Å². The van der Waals surface area contributed by atoms with Crippen LogP contribution in [0.1, 0.15) is 58.6 Å². The number of sulfonamides is 1. The molecule has 0 spiro atoms. The zero-order valence-electron chi connectivity index (χ0n) is 22.5. The van der Waals surface area contributed by atoms with Gasteiger partial charge in [-0.15, -0.1) is 0 Å². The number of rotatable bonds is 10. The topological polar surface area (TPSA) is 96.0 Å². The lowest BCUT2D eigenvalue weighted by molar-refractivity contribution is -0.140. The molecule has 0 aromatic heterocycles. The standard InChI is InChI=1S/C27H39N3O5S/c1-19(2)22-11-13-23(14-12-22)30(36(8,33)34)18-25(31)29(20(3)26(32)28-27(4,5)6)17-21-9-15-24(35-7)16-10-21/h9-16,19-20H,17-18H2,1-8H3,(H,28,32)/t20-/m1/s1. The molecule has 0 radical (unpaired) electrons. The average Bonchev–Trinajstić information content (AvgIpc) is 2.79. The van der Waals surface area contributed by atoms with Gasteiger partial charge in [-0.05, 0) is 69.0 Å². The van der Waals surface area contributed by atoms with Crippen molar-refractivity contribution in [1.29, 1.82) is 0 Å². The summed E-state index contributed by atoms with van der Waals surface area (Å²) in [6.45, 7) is 11.0. The predicted octanol–water partition coefficient (Wildman–Crippen LogP) is 3.92. The van der Waals surface area contributed by atoms with Crippen molar-refractivity contribution in [2.24, 2.45) is 0 Å². The zero-order chi connectivity index (χ0) is 27.3. The molecule has 0 bridgehead atoms. The maximum atomic E-state index is 13.6. The van der Waals surface area contributed by atoms with Gasteiger partial charge in [-0.25, -0.2) is 8.42 Å². The quantitative estimate of drug-likeness (QED) is 0.515. The minimum absolute atomic E-state index is 0.130. The fraction of sp³-hybridized carbons (Fsp3) is 0.481. The van der Waals surface area contributed by atoms with E-state index in [0.29, 0.717) is 11.4 Å². The third kappa shape index (κ3) is 8.26. The van der Waals surface area contributed by atoms with Gasteiger partial charge in [0.05, 0.1) is 19.1 Å². The molecule has 0 aliphatic rings. The number of nitrogens with zero attached hydrogens (tertiary/aromatic N) is 2. The Bertz CT molecular complexity index is 1140. The lowest BCUT2D eigenvalue weighted by atomic mass is 10.0. The summed E-state index contributed by atoms with van der Waals surface area (Å²) in [7, 11) is -2.20. The Balaban J connectivity index is 2.39. The van der Waals surface area contributed by atoms with Crippen molar-refractivity contribution in [2.45, 2.75) is 65.6 Å². The van der Waals surface area contributed by atoms with Crippen LogP contribution in [-0.4, -0.2) is 56.6 Å². The highest BCUT2D eigenvalue weighted by molar-refractivity contribution is 7.92. The van der Waals surface area contributed by atoms with Crippen molar-refractivity contribution in [3.63, 3.8) is 0 Å². The summed E-state index contributed by atoms with van der Waals surface area (Å²) < 4.78 is 31.7. The molecule has 0 unspecified atom stereocenters. The van der Waals surface area contributed by atoms with Crippen molar-refractivity contribution in [1.82, 2.24) is 10.2 Å². The summed E-state index contributed by atoms with van der Waals surface area (Å²) in [5.74, 6) is 0.148. The van der Waals surface area contributed by atoms with E-state index in [1.54, 1.807) is 38.3 Å². The van der Waals surface area contributed by atoms with Crippen LogP contribution in [0, 0.1) is 0 Å². The maximum absolute atomic E-state index is 13.6. The molecular formula is C27H39N3O5S. The maximum Gasteiger partial charge on any atom is 0.244 e. The largest absolute Gasteiger partial charge is 0.497 e. The lowest BCUT2D eigenvalue weighted by Gasteiger charge is -2.33. The SMILES string of the molecule is COc1ccc(CN(C(=O)CN(c2ccc(C(C)C)cc2)S(C)(=O)=O)[C@H](C)C(=O)NC(C)(C)C)cc1. The zero-order valence-corrected chi connectivity index (χ0v) is 23.3. The van der Waals surface area contributed by atoms with Crippen LogP contribution in [0.4, 0.5) is 5.69 Å². The van der Waals surface area contributed by atoms with Crippen molar-refractivity contribution in [3.8, 4) is 5.75 Å². The summed E-state index contributed by atoms with van der Waals surface area (Å²) >= 11 is 0. The molecule has 2 rings (SSSR count). The number of nitrogens with one attached hydrogen (secondary N) is 1. The van der Waals surface area contributed by atoms with E-state index < -0.39 is 34.1 Å². The molecule has 8 nitrogen and oxygen atoms in total. The first-order valence-electron chi connectivity index (χ1n) is 11.9. The molecule has 2 amide bonds. The minimum atomic E-state index is -3.77. The molecule has 2 aromatic rings. The first-order valence-corrected chi connectivity index (χ1v) is 13.8. The van der Waals surface area contributed by atoms with Gasteiger partial charge >= 0.3 is 0 Å². The highest BCUT2D eigenvalue weighted by atomic mass is 32.2. The monoisotopic (exact) mass is 517 g/mol. The van der Waals surface area contributed by atoms with Crippen LogP contribution in [0.15, 0.2) is 48.5 Å². The molecule has 0 saturated heterocycles. The van der Waals surface area contributed by atoms with Gasteiger partial charge in [-0.2, -0.15) is 0 Å². The number of hydrogen-bond donors (Lipinski definition) is 1. The molecule has 2 aromatic carbocycles. The van der Waals surface area contributed by atoms with Crippen LogP contribution >= 0.6 is 0 Å². The normalized spacial score (nSPS) is 12.7. The van der Waals surface area contributed by atoms with E-state index in [1.165, 1.54) is 4.90 Å². The molecule has 0 saturated carbocycles. The molecule has 198 valence electrons. The number of ether oxygens (including phenoxy) is 1. The Morgan fingerprint density at radius 3 is 1.97 bits per heavy atom. The van der Waals surface area contributed by atoms with Gasteiger partial charge in [0, 0.05) is 12.1 Å². The van der Waals surface area contributed by atoms with Gasteiger partial charge in [0.2, 0.25) is 21.8 Å². The summed E-state index contributed by atoms with van der Waals surface area (Å²) in [6.07, 6.45) is 1.07. The number of hydrogen-bond acceptors (Lipinski definition) is 5. The van der Waals surface area contributed by atoms with E-state index in [2.05, 4.69) is 5.32 Å². The number of carbonyl (C=O) groups excluding carboxylic acids is 2. The Morgan fingerprint density at radius 2 is 1.53 bits per heavy atom. The summed E-state index contributed by atoms with van der Waals surface area (Å²) in [5, 5.41) is 2.91. The molecule has 0 fully saturated rings. The molecule has 9 heteroatoms. The fourth-order valence-electron chi connectivity index (χ4n) is 3.62. The van der Waals surface area contributed by atoms with Crippen molar-refractivity contribution in [3.05, 3.63) is 59.7 Å². The molecule has 1 N–H and O–H groups in total. The number of benzene rings is 2. The Labute approximate surface area is 215 Å². The van der Waals surface area contributed by atoms with Crippen LogP contribution in [0.25, 0.3) is 0 Å². The highest BCUT2D eigenvalue weighted by Crippen LogP contribution is 2.23. The lowest BCUT2D eigenvalue weighted by Crippen LogP contribution is -2.54. The van der Waals surface area contributed by atoms with E-state index in [1.807, 2.05) is 58.9 Å². The third-order valence-corrected chi connectivity index (χ3v) is 6.84. The molecule has 0 aliphatic heterocycles. The van der Waals surface area contributed by atoms with E-state index in [4.69, 9.17) is 4.74 Å². The van der Waals surface area contributed by atoms with Crippen molar-refractivity contribution < 1.29 is 22.7 Å². The Kier molecular flexibility index (Phi) is 9.54. The second kappa shape index (κ2) is 11.8. The Morgan fingerprint density at radius 1 is 0.972 bits per heavy atom. The number of methoxy groups -OCH3 is 1. The van der Waals surface area contributed by atoms with Gasteiger partial charge in [-0.3, -0.25) is 13.9 Å². The molecule has 0 heterocycles. The first kappa shape index (κ1) is 29.2. The highest BCUT2D eigenvalue weighted by Gasteiger charge is 2.31. The Hall–Kier alpha value is -3.07. The van der Waals surface area contributed by atoms with Gasteiger partial charge < -0.3 is 15.0 Å². The second-order valence-electron chi connectivity index (χ2n) is 10.3. The average molecular weight is 518 g/mol. The molecular weight excluding hydrogens is 478 g/mol. The fourth-order valence-corrected chi connectivity index (χ4v) is 4.47. The van der Waals surface area contributed by atoms with Crippen LogP contribution < -0.4 is 14.4 Å². The first-order chi connectivity index (χ1) is 16.6. The smallest absolute Gasteiger partial charge is 0.244 e. The second-order valence-corrected chi connectivity index (χ2v) is 12.2. The predicted molar refractivity (Wildman–Crippen MR) is 144 cm³/mol. The van der Waals surface area contributed by atoms with Gasteiger partial charge in [0.15, 0.2) is 0 Å². The van der Waals surface area contributed by atoms with Crippen molar-refractivity contribution >= 4 is 27.5 Å². The summed E-state index contributed by atoms with van der Waals surface area (Å²) in [5.41, 5.74) is 1.75. The number of anilines is 1. The van der Waals surface area contributed by atoms with E-state index in [9.17, 15) is 18.0 Å². The number of carbonyl (C=O) groups is 2. The van der Waals surface area contributed by atoms with Crippen LogP contribution in [0.2, 0.25) is 0 Å². The number of amides is 2. The van der Waals surface area contributed by atoms with Crippen LogP contribution in [0.5, 0.6) is 5.75 Å². The third-order valence-electron chi connectivity index (χ3n) is 5.70. The van der Waals surface area contributed by atoms with E-state index in [-0.39, 0.29) is 18.4 Å². The summed E-state index contributed by atoms with van der Waals surface area (Å²) in [6, 6.07) is 13.5. The van der Waals surface area contributed by atoms with Gasteiger partial charge in [-0.1, -0.05) is 38.1 Å². The minimum Gasteiger partial charge on any atom is -0.497 e. The summed E-state index contributed by atoms with van der Waals surface area (Å²) in [4.78, 5) is 28.0. The van der Waals surface area contributed by atoms with E-state index >= 15 is 0 Å². The van der Waals surface area contributed by atoms with Crippen LogP contribution in [-0.2, 0) is 26.2 Å². The van der Waals surface area contributed by atoms with Gasteiger partial charge in [0.1, 0.15) is 18.3 Å². The molecule has 0 aliphatic carbocycles. The van der Waals surface area contributed by atoms with Gasteiger partial charge in [0.25, 0.3) is 0 Å². The van der Waals surface area contributed by atoms with Crippen molar-refractivity contribution in [2.75, 3.05) is 24.2 Å². The molecule has 1 atom stereocenters. The molecule has 36 heavy (non-hydrogen) atoms. The van der Waals surface area contributed by atoms with Crippen LogP contribution in [0.3, 0.4) is 0 Å².